The summed E-state index contributed by atoms with van der Waals surface area (Å²) in [5, 5.41) is 8.19. The Morgan fingerprint density at radius 3 is 2.50 bits per heavy atom. The van der Waals surface area contributed by atoms with E-state index in [1.807, 2.05) is 49.4 Å². The molecule has 0 heterocycles. The molecule has 2 N–H and O–H groups in total. The molecular weight excluding hydrogens is 372 g/mol. The molecule has 0 radical (unpaired) electrons. The van der Waals surface area contributed by atoms with E-state index in [0.29, 0.717) is 31.1 Å². The number of fused-ring (bicyclic) bond motifs is 1. The third-order valence-electron chi connectivity index (χ3n) is 4.08. The number of thiocarbonyl (C=S) groups is 1. The summed E-state index contributed by atoms with van der Waals surface area (Å²) in [7, 11) is 0. The van der Waals surface area contributed by atoms with Crippen LogP contribution in [-0.4, -0.2) is 30.8 Å². The molecule has 6 heteroatoms. The van der Waals surface area contributed by atoms with Gasteiger partial charge < -0.3 is 14.8 Å². The van der Waals surface area contributed by atoms with Crippen molar-refractivity contribution in [2.24, 2.45) is 0 Å². The highest BCUT2D eigenvalue weighted by Crippen LogP contribution is 2.22. The maximum Gasteiger partial charge on any atom is 0.257 e. The van der Waals surface area contributed by atoms with Gasteiger partial charge in [-0.1, -0.05) is 36.4 Å². The van der Waals surface area contributed by atoms with Gasteiger partial charge >= 0.3 is 0 Å². The van der Waals surface area contributed by atoms with Gasteiger partial charge in [-0.3, -0.25) is 10.1 Å². The number of hydrogen-bond donors (Lipinski definition) is 2. The average molecular weight is 394 g/mol. The van der Waals surface area contributed by atoms with Crippen LogP contribution in [0, 0.1) is 0 Å². The van der Waals surface area contributed by atoms with E-state index in [4.69, 9.17) is 21.7 Å². The highest BCUT2D eigenvalue weighted by Gasteiger charge is 2.09. The number of benzene rings is 3. The number of amides is 1. The molecule has 3 rings (SSSR count). The molecule has 0 saturated heterocycles. The predicted octanol–water partition coefficient (Wildman–Crippen LogP) is 4.38. The zero-order valence-electron chi connectivity index (χ0n) is 15.6. The highest BCUT2D eigenvalue weighted by molar-refractivity contribution is 7.80. The van der Waals surface area contributed by atoms with Crippen LogP contribution in [0.2, 0.25) is 0 Å². The van der Waals surface area contributed by atoms with Gasteiger partial charge in [-0.25, -0.2) is 0 Å². The van der Waals surface area contributed by atoms with Crippen molar-refractivity contribution in [1.82, 2.24) is 5.32 Å². The quantitative estimate of drug-likeness (QED) is 0.460. The minimum absolute atomic E-state index is 0.249. The van der Waals surface area contributed by atoms with Gasteiger partial charge in [0.2, 0.25) is 0 Å². The second-order valence-electron chi connectivity index (χ2n) is 6.00. The van der Waals surface area contributed by atoms with Crippen molar-refractivity contribution in [3.8, 4) is 5.75 Å². The van der Waals surface area contributed by atoms with Gasteiger partial charge in [0.05, 0.1) is 6.61 Å². The lowest BCUT2D eigenvalue weighted by molar-refractivity contribution is 0.0977. The fourth-order valence-corrected chi connectivity index (χ4v) is 2.93. The van der Waals surface area contributed by atoms with Gasteiger partial charge in [0.15, 0.2) is 5.11 Å². The Morgan fingerprint density at radius 1 is 0.964 bits per heavy atom. The van der Waals surface area contributed by atoms with Crippen LogP contribution in [0.15, 0.2) is 66.7 Å². The monoisotopic (exact) mass is 394 g/mol. The van der Waals surface area contributed by atoms with Crippen molar-refractivity contribution in [2.75, 3.05) is 25.1 Å². The van der Waals surface area contributed by atoms with Crippen LogP contribution < -0.4 is 15.4 Å². The summed E-state index contributed by atoms with van der Waals surface area (Å²) < 4.78 is 10.8. The molecule has 0 unspecified atom stereocenters. The summed E-state index contributed by atoms with van der Waals surface area (Å²) in [4.78, 5) is 12.4. The van der Waals surface area contributed by atoms with Gasteiger partial charge in [0, 0.05) is 23.2 Å². The predicted molar refractivity (Wildman–Crippen MR) is 116 cm³/mol. The lowest BCUT2D eigenvalue weighted by atomic mass is 10.1. The van der Waals surface area contributed by atoms with Gasteiger partial charge in [-0.2, -0.15) is 0 Å². The molecule has 5 nitrogen and oxygen atoms in total. The Bertz CT molecular complexity index is 952. The van der Waals surface area contributed by atoms with Crippen LogP contribution in [0.4, 0.5) is 5.69 Å². The van der Waals surface area contributed by atoms with Crippen LogP contribution in [0.3, 0.4) is 0 Å². The van der Waals surface area contributed by atoms with Crippen molar-refractivity contribution in [3.05, 3.63) is 72.3 Å². The normalized spacial score (nSPS) is 10.5. The lowest BCUT2D eigenvalue weighted by Crippen LogP contribution is -2.34. The molecule has 0 aliphatic rings. The van der Waals surface area contributed by atoms with Crippen LogP contribution >= 0.6 is 12.2 Å². The molecule has 0 spiro atoms. The third kappa shape index (κ3) is 5.28. The molecule has 1 amide bonds. The maximum absolute atomic E-state index is 12.4. The molecule has 28 heavy (non-hydrogen) atoms. The largest absolute Gasteiger partial charge is 0.491 e. The van der Waals surface area contributed by atoms with Gasteiger partial charge in [-0.15, -0.1) is 0 Å². The molecule has 0 fully saturated rings. The van der Waals surface area contributed by atoms with E-state index in [0.717, 1.165) is 16.5 Å². The molecule has 144 valence electrons. The van der Waals surface area contributed by atoms with E-state index in [2.05, 4.69) is 10.6 Å². The van der Waals surface area contributed by atoms with Crippen molar-refractivity contribution < 1.29 is 14.3 Å². The average Bonchev–Trinajstić information content (AvgIpc) is 2.72. The molecule has 0 atom stereocenters. The van der Waals surface area contributed by atoms with Gasteiger partial charge in [-0.05, 0) is 54.9 Å². The first-order valence-electron chi connectivity index (χ1n) is 9.08. The van der Waals surface area contributed by atoms with E-state index in [1.165, 1.54) is 0 Å². The van der Waals surface area contributed by atoms with E-state index >= 15 is 0 Å². The lowest BCUT2D eigenvalue weighted by Gasteiger charge is -2.12. The fourth-order valence-electron chi connectivity index (χ4n) is 2.73. The van der Waals surface area contributed by atoms with Crippen molar-refractivity contribution >= 4 is 39.7 Å². The van der Waals surface area contributed by atoms with E-state index in [-0.39, 0.29) is 11.0 Å². The Morgan fingerprint density at radius 2 is 1.71 bits per heavy atom. The number of ether oxygens (including phenoxy) is 2. The van der Waals surface area contributed by atoms with Crippen LogP contribution in [-0.2, 0) is 4.74 Å². The molecule has 0 saturated carbocycles. The number of carbonyl (C=O) groups excluding carboxylic acids is 1. The Kier molecular flexibility index (Phi) is 6.94. The first kappa shape index (κ1) is 19.8. The molecule has 0 aliphatic carbocycles. The van der Waals surface area contributed by atoms with Crippen molar-refractivity contribution in [3.63, 3.8) is 0 Å². The van der Waals surface area contributed by atoms with Gasteiger partial charge in [0.25, 0.3) is 5.91 Å². The number of anilines is 1. The second-order valence-corrected chi connectivity index (χ2v) is 6.41. The summed E-state index contributed by atoms with van der Waals surface area (Å²) in [6.45, 7) is 3.60. The first-order valence-corrected chi connectivity index (χ1v) is 9.49. The van der Waals surface area contributed by atoms with Crippen LogP contribution in [0.5, 0.6) is 5.75 Å². The van der Waals surface area contributed by atoms with E-state index < -0.39 is 0 Å². The number of nitrogens with one attached hydrogen (secondary N) is 2. The number of rotatable bonds is 7. The van der Waals surface area contributed by atoms with Crippen molar-refractivity contribution in [1.29, 1.82) is 0 Å². The molecular formula is C22H22N2O3S. The SMILES string of the molecule is CCOCCOc1ccc(C(=O)NC(=S)Nc2cccc3ccccc23)cc1. The molecule has 3 aromatic carbocycles. The fraction of sp³-hybridized carbons (Fsp3) is 0.182. The third-order valence-corrected chi connectivity index (χ3v) is 4.29. The van der Waals surface area contributed by atoms with Crippen molar-refractivity contribution in [2.45, 2.75) is 6.92 Å². The van der Waals surface area contributed by atoms with E-state index in [9.17, 15) is 4.79 Å². The number of hydrogen-bond acceptors (Lipinski definition) is 4. The summed E-state index contributed by atoms with van der Waals surface area (Å²) in [5.41, 5.74) is 1.35. The van der Waals surface area contributed by atoms with E-state index in [1.54, 1.807) is 24.3 Å². The Hall–Kier alpha value is -2.96. The topological polar surface area (TPSA) is 59.6 Å². The number of carbonyl (C=O) groups is 1. The summed E-state index contributed by atoms with van der Waals surface area (Å²) in [6, 6.07) is 20.8. The highest BCUT2D eigenvalue weighted by atomic mass is 32.1. The van der Waals surface area contributed by atoms with Crippen LogP contribution in [0.25, 0.3) is 10.8 Å². The molecule has 0 bridgehead atoms. The minimum atomic E-state index is -0.279. The zero-order valence-corrected chi connectivity index (χ0v) is 16.4. The summed E-state index contributed by atoms with van der Waals surface area (Å²) >= 11 is 5.30. The van der Waals surface area contributed by atoms with Crippen LogP contribution in [0.1, 0.15) is 17.3 Å². The first-order chi connectivity index (χ1) is 13.7. The summed E-state index contributed by atoms with van der Waals surface area (Å²) in [5.74, 6) is 0.409. The molecule has 0 aliphatic heterocycles. The maximum atomic E-state index is 12.4. The zero-order chi connectivity index (χ0) is 19.8. The molecule has 3 aromatic rings. The van der Waals surface area contributed by atoms with Gasteiger partial charge in [0.1, 0.15) is 12.4 Å². The minimum Gasteiger partial charge on any atom is -0.491 e. The second kappa shape index (κ2) is 9.82. The summed E-state index contributed by atoms with van der Waals surface area (Å²) in [6.07, 6.45) is 0. The smallest absolute Gasteiger partial charge is 0.257 e. The molecule has 0 aromatic heterocycles. The Balaban J connectivity index is 1.57. The Labute approximate surface area is 169 Å². The standard InChI is InChI=1S/C22H22N2O3S/c1-2-26-14-15-27-18-12-10-17(11-13-18)21(25)24-22(28)23-20-9-5-7-16-6-3-4-8-19(16)20/h3-13H,2,14-15H2,1H3,(H2,23,24,25,28).